The molecule has 0 unspecified atom stereocenters. The Morgan fingerprint density at radius 2 is 2.05 bits per heavy atom. The highest BCUT2D eigenvalue weighted by Gasteiger charge is 2.42. The van der Waals surface area contributed by atoms with Gasteiger partial charge < -0.3 is 15.5 Å². The minimum absolute atomic E-state index is 0.0695. The molecule has 0 atom stereocenters. The van der Waals surface area contributed by atoms with E-state index >= 15 is 0 Å². The molecule has 2 rings (SSSR count). The number of anilines is 2. The van der Waals surface area contributed by atoms with Crippen molar-refractivity contribution in [1.82, 2.24) is 5.32 Å². The summed E-state index contributed by atoms with van der Waals surface area (Å²) < 4.78 is 0. The van der Waals surface area contributed by atoms with E-state index in [1.54, 1.807) is 11.9 Å². The van der Waals surface area contributed by atoms with Gasteiger partial charge >= 0.3 is 6.03 Å². The van der Waals surface area contributed by atoms with Crippen LogP contribution in [0.25, 0.3) is 0 Å². The fourth-order valence-electron chi connectivity index (χ4n) is 2.46. The Bertz CT molecular complexity index is 552. The van der Waals surface area contributed by atoms with Gasteiger partial charge in [-0.3, -0.25) is 4.79 Å². The second kappa shape index (κ2) is 5.15. The molecule has 0 fully saturated rings. The van der Waals surface area contributed by atoms with E-state index in [4.69, 9.17) is 0 Å². The van der Waals surface area contributed by atoms with Gasteiger partial charge in [0.25, 0.3) is 0 Å². The lowest BCUT2D eigenvalue weighted by molar-refractivity contribution is -0.121. The van der Waals surface area contributed by atoms with E-state index in [9.17, 15) is 9.59 Å². The molecule has 3 amide bonds. The van der Waals surface area contributed by atoms with Crippen molar-refractivity contribution in [1.29, 1.82) is 0 Å². The van der Waals surface area contributed by atoms with E-state index < -0.39 is 5.41 Å². The molecule has 108 valence electrons. The molecule has 1 aliphatic heterocycles. The highest BCUT2D eigenvalue weighted by molar-refractivity contribution is 6.07. The fraction of sp³-hybridized carbons (Fsp3) is 0.467. The predicted octanol–water partition coefficient (Wildman–Crippen LogP) is 2.47. The van der Waals surface area contributed by atoms with Crippen LogP contribution >= 0.6 is 0 Å². The quantitative estimate of drug-likeness (QED) is 0.890. The maximum Gasteiger partial charge on any atom is 0.319 e. The number of nitrogens with zero attached hydrogens (tertiary/aromatic N) is 1. The zero-order chi connectivity index (χ0) is 14.9. The molecule has 5 heteroatoms. The van der Waals surface area contributed by atoms with Crippen molar-refractivity contribution in [3.63, 3.8) is 0 Å². The first kappa shape index (κ1) is 14.4. The van der Waals surface area contributed by atoms with Crippen LogP contribution in [-0.2, 0) is 10.2 Å². The summed E-state index contributed by atoms with van der Waals surface area (Å²) in [5, 5.41) is 5.55. The molecule has 20 heavy (non-hydrogen) atoms. The number of likely N-dealkylation sites (N-methyl/N-ethyl adjacent to an activating group) is 1. The summed E-state index contributed by atoms with van der Waals surface area (Å²) in [7, 11) is 1.77. The van der Waals surface area contributed by atoms with Crippen LogP contribution in [0.1, 0.15) is 32.8 Å². The molecule has 0 aliphatic carbocycles. The van der Waals surface area contributed by atoms with Gasteiger partial charge in [0, 0.05) is 25.0 Å². The lowest BCUT2D eigenvalue weighted by Gasteiger charge is -2.17. The maximum atomic E-state index is 12.2. The maximum absolute atomic E-state index is 12.2. The summed E-state index contributed by atoms with van der Waals surface area (Å²) in [5.74, 6) is 0.0695. The third-order valence-electron chi connectivity index (χ3n) is 3.66. The van der Waals surface area contributed by atoms with Gasteiger partial charge in [-0.15, -0.1) is 0 Å². The zero-order valence-corrected chi connectivity index (χ0v) is 12.4. The van der Waals surface area contributed by atoms with Crippen molar-refractivity contribution in [2.75, 3.05) is 23.8 Å². The normalized spacial score (nSPS) is 16.0. The van der Waals surface area contributed by atoms with Crippen molar-refractivity contribution < 1.29 is 9.59 Å². The molecule has 1 heterocycles. The van der Waals surface area contributed by atoms with Crippen molar-refractivity contribution in [2.45, 2.75) is 32.6 Å². The van der Waals surface area contributed by atoms with E-state index in [2.05, 4.69) is 10.6 Å². The van der Waals surface area contributed by atoms with Gasteiger partial charge in [0.2, 0.25) is 5.91 Å². The molecule has 0 spiro atoms. The molecule has 0 aromatic heterocycles. The summed E-state index contributed by atoms with van der Waals surface area (Å²) >= 11 is 0. The average molecular weight is 275 g/mol. The third kappa shape index (κ3) is 2.35. The Kier molecular flexibility index (Phi) is 3.70. The molecule has 0 radical (unpaired) electrons. The fourth-order valence-corrected chi connectivity index (χ4v) is 2.46. The number of carbonyl (C=O) groups excluding carboxylic acids is 2. The molecular formula is C15H21N3O2. The first-order valence-electron chi connectivity index (χ1n) is 6.85. The number of amides is 3. The minimum Gasteiger partial charge on any atom is -0.338 e. The van der Waals surface area contributed by atoms with Crippen LogP contribution in [0.4, 0.5) is 16.2 Å². The largest absolute Gasteiger partial charge is 0.338 e. The van der Waals surface area contributed by atoms with Crippen LogP contribution < -0.4 is 15.5 Å². The van der Waals surface area contributed by atoms with Crippen LogP contribution in [0.15, 0.2) is 18.2 Å². The number of benzene rings is 1. The molecule has 0 bridgehead atoms. The highest BCUT2D eigenvalue weighted by atomic mass is 16.2. The summed E-state index contributed by atoms with van der Waals surface area (Å²) in [4.78, 5) is 25.5. The Morgan fingerprint density at radius 1 is 1.35 bits per heavy atom. The Morgan fingerprint density at radius 3 is 2.70 bits per heavy atom. The summed E-state index contributed by atoms with van der Waals surface area (Å²) in [5.41, 5.74) is 1.99. The first-order chi connectivity index (χ1) is 9.37. The van der Waals surface area contributed by atoms with Gasteiger partial charge in [-0.1, -0.05) is 6.92 Å². The SMILES string of the molecule is CCCNC(=O)Nc1ccc2c(c1)C(C)(C)C(=O)N2C. The van der Waals surface area contributed by atoms with Crippen LogP contribution in [0.3, 0.4) is 0 Å². The highest BCUT2D eigenvalue weighted by Crippen LogP contribution is 2.41. The Balaban J connectivity index is 2.23. The minimum atomic E-state index is -0.554. The molecule has 0 saturated heterocycles. The van der Waals surface area contributed by atoms with E-state index in [1.807, 2.05) is 39.0 Å². The number of hydrogen-bond acceptors (Lipinski definition) is 2. The molecule has 1 aliphatic rings. The van der Waals surface area contributed by atoms with E-state index in [1.165, 1.54) is 0 Å². The van der Waals surface area contributed by atoms with Gasteiger partial charge in [-0.05, 0) is 44.0 Å². The second-order valence-electron chi connectivity index (χ2n) is 5.60. The monoisotopic (exact) mass is 275 g/mol. The smallest absolute Gasteiger partial charge is 0.319 e. The molecular weight excluding hydrogens is 254 g/mol. The van der Waals surface area contributed by atoms with Gasteiger partial charge in [0.15, 0.2) is 0 Å². The van der Waals surface area contributed by atoms with Crippen molar-refractivity contribution in [3.05, 3.63) is 23.8 Å². The molecule has 5 nitrogen and oxygen atoms in total. The average Bonchev–Trinajstić information content (AvgIpc) is 2.58. The second-order valence-corrected chi connectivity index (χ2v) is 5.60. The lowest BCUT2D eigenvalue weighted by atomic mass is 9.86. The number of rotatable bonds is 3. The van der Waals surface area contributed by atoms with E-state index in [0.717, 1.165) is 17.7 Å². The number of nitrogens with one attached hydrogen (secondary N) is 2. The van der Waals surface area contributed by atoms with Crippen LogP contribution in [0, 0.1) is 0 Å². The summed E-state index contributed by atoms with van der Waals surface area (Å²) in [6.07, 6.45) is 0.893. The Hall–Kier alpha value is -2.04. The van der Waals surface area contributed by atoms with Gasteiger partial charge in [-0.2, -0.15) is 0 Å². The van der Waals surface area contributed by atoms with Gasteiger partial charge in [0.05, 0.1) is 5.41 Å². The third-order valence-corrected chi connectivity index (χ3v) is 3.66. The van der Waals surface area contributed by atoms with Crippen LogP contribution in [0.2, 0.25) is 0 Å². The first-order valence-corrected chi connectivity index (χ1v) is 6.85. The number of carbonyl (C=O) groups is 2. The number of urea groups is 1. The van der Waals surface area contributed by atoms with E-state index in [-0.39, 0.29) is 11.9 Å². The predicted molar refractivity (Wildman–Crippen MR) is 80.2 cm³/mol. The molecule has 1 aromatic rings. The lowest BCUT2D eigenvalue weighted by Crippen LogP contribution is -2.33. The summed E-state index contributed by atoms with van der Waals surface area (Å²) in [6.45, 7) is 6.44. The van der Waals surface area contributed by atoms with E-state index in [0.29, 0.717) is 12.2 Å². The number of fused-ring (bicyclic) bond motifs is 1. The van der Waals surface area contributed by atoms with Crippen molar-refractivity contribution in [2.24, 2.45) is 0 Å². The van der Waals surface area contributed by atoms with Crippen LogP contribution in [-0.4, -0.2) is 25.5 Å². The van der Waals surface area contributed by atoms with Crippen molar-refractivity contribution in [3.8, 4) is 0 Å². The summed E-state index contributed by atoms with van der Waals surface area (Å²) in [6, 6.07) is 5.34. The molecule has 2 N–H and O–H groups in total. The number of hydrogen-bond donors (Lipinski definition) is 2. The topological polar surface area (TPSA) is 61.4 Å². The van der Waals surface area contributed by atoms with Crippen LogP contribution in [0.5, 0.6) is 0 Å². The molecule has 0 saturated carbocycles. The Labute approximate surface area is 119 Å². The van der Waals surface area contributed by atoms with Gasteiger partial charge in [0.1, 0.15) is 0 Å². The standard InChI is InChI=1S/C15H21N3O2/c1-5-8-16-14(20)17-10-6-7-12-11(9-10)15(2,3)13(19)18(12)4/h6-7,9H,5,8H2,1-4H3,(H2,16,17,20). The zero-order valence-electron chi connectivity index (χ0n) is 12.4. The van der Waals surface area contributed by atoms with Gasteiger partial charge in [-0.25, -0.2) is 4.79 Å². The molecule has 1 aromatic carbocycles. The van der Waals surface area contributed by atoms with Crippen molar-refractivity contribution >= 4 is 23.3 Å².